The maximum Gasteiger partial charge on any atom is 0.174 e. The number of pyridine rings is 1. The van der Waals surface area contributed by atoms with Crippen molar-refractivity contribution in [3.8, 4) is 11.4 Å². The summed E-state index contributed by atoms with van der Waals surface area (Å²) < 4.78 is 2.11. The molecule has 2 aromatic carbocycles. The van der Waals surface area contributed by atoms with Crippen molar-refractivity contribution in [2.24, 2.45) is 0 Å². The Bertz CT molecular complexity index is 1360. The van der Waals surface area contributed by atoms with Gasteiger partial charge >= 0.3 is 0 Å². The third-order valence-corrected chi connectivity index (χ3v) is 6.81. The lowest BCUT2D eigenvalue weighted by molar-refractivity contribution is 0.471. The van der Waals surface area contributed by atoms with E-state index >= 15 is 0 Å². The first-order chi connectivity index (χ1) is 16.3. The Kier molecular flexibility index (Phi) is 5.62. The molecule has 0 spiro atoms. The molecular weight excluding hydrogens is 440 g/mol. The number of aromatic nitrogens is 2. The maximum absolute atomic E-state index is 10.6. The van der Waals surface area contributed by atoms with E-state index in [9.17, 15) is 5.11 Å². The number of phenolic OH excluding ortho intramolecular Hbond substituents is 1. The Morgan fingerprint density at radius 2 is 1.62 bits per heavy atom. The Morgan fingerprint density at radius 3 is 2.29 bits per heavy atom. The molecule has 5 nitrogen and oxygen atoms in total. The Morgan fingerprint density at radius 1 is 0.912 bits per heavy atom. The second-order valence-corrected chi connectivity index (χ2v) is 9.38. The molecule has 0 unspecified atom stereocenters. The predicted octanol–water partition coefficient (Wildman–Crippen LogP) is 5.99. The summed E-state index contributed by atoms with van der Waals surface area (Å²) >= 11 is 5.90. The SMILES string of the molecule is Cc1cc(C)cc(N2C(=S)N[C@H](c3ccccn3)[C@@H]2c2cc(C)n(-c3ccccc3O)c2C)c1. The largest absolute Gasteiger partial charge is 0.506 e. The number of rotatable bonds is 4. The molecule has 0 aliphatic carbocycles. The summed E-state index contributed by atoms with van der Waals surface area (Å²) in [5.41, 5.74) is 8.40. The standard InChI is InChI=1S/C28H28N4OS/c1-17-13-18(2)15-21(14-17)32-27(26(30-28(32)34)23-9-7-8-12-29-23)22-16-19(3)31(20(22)4)24-10-5-6-11-25(24)33/h5-16,26-27,33H,1-4H3,(H,30,34)/t26-,27+/m1/s1. The number of aryl methyl sites for hydroxylation is 3. The van der Waals surface area contributed by atoms with Crippen molar-refractivity contribution in [1.29, 1.82) is 0 Å². The number of benzene rings is 2. The smallest absolute Gasteiger partial charge is 0.174 e. The van der Waals surface area contributed by atoms with Gasteiger partial charge in [-0.3, -0.25) is 4.98 Å². The van der Waals surface area contributed by atoms with Crippen LogP contribution >= 0.6 is 12.2 Å². The number of nitrogens with one attached hydrogen (secondary N) is 1. The van der Waals surface area contributed by atoms with Crippen LogP contribution in [-0.2, 0) is 0 Å². The van der Waals surface area contributed by atoms with Gasteiger partial charge in [-0.15, -0.1) is 0 Å². The van der Waals surface area contributed by atoms with Gasteiger partial charge in [0.25, 0.3) is 0 Å². The summed E-state index contributed by atoms with van der Waals surface area (Å²) in [6.07, 6.45) is 1.82. The normalized spacial score (nSPS) is 17.8. The number of phenols is 1. The lowest BCUT2D eigenvalue weighted by Crippen LogP contribution is -2.29. The molecule has 0 saturated carbocycles. The van der Waals surface area contributed by atoms with E-state index < -0.39 is 0 Å². The van der Waals surface area contributed by atoms with Crippen LogP contribution in [-0.4, -0.2) is 19.8 Å². The fourth-order valence-electron chi connectivity index (χ4n) is 5.15. The van der Waals surface area contributed by atoms with Crippen molar-refractivity contribution in [2.45, 2.75) is 39.8 Å². The molecular formula is C28H28N4OS. The Balaban J connectivity index is 1.71. The lowest BCUT2D eigenvalue weighted by atomic mass is 9.96. The lowest BCUT2D eigenvalue weighted by Gasteiger charge is -2.29. The molecule has 2 N–H and O–H groups in total. The second kappa shape index (κ2) is 8.61. The van der Waals surface area contributed by atoms with Crippen LogP contribution in [0.5, 0.6) is 5.75 Å². The van der Waals surface area contributed by atoms with Crippen molar-refractivity contribution >= 4 is 23.0 Å². The summed E-state index contributed by atoms with van der Waals surface area (Å²) in [5, 5.41) is 14.8. The first-order valence-electron chi connectivity index (χ1n) is 11.4. The van der Waals surface area contributed by atoms with E-state index in [0.717, 1.165) is 34.0 Å². The van der Waals surface area contributed by atoms with Gasteiger partial charge in [0, 0.05) is 23.3 Å². The number of anilines is 1. The minimum Gasteiger partial charge on any atom is -0.506 e. The van der Waals surface area contributed by atoms with Crippen LogP contribution in [0.1, 0.15) is 45.9 Å². The average Bonchev–Trinajstić information content (AvgIpc) is 3.29. The van der Waals surface area contributed by atoms with Crippen LogP contribution in [0.25, 0.3) is 5.69 Å². The van der Waals surface area contributed by atoms with Gasteiger partial charge in [0.2, 0.25) is 0 Å². The molecule has 1 fully saturated rings. The number of thiocarbonyl (C=S) groups is 1. The average molecular weight is 469 g/mol. The van der Waals surface area contributed by atoms with E-state index in [1.165, 1.54) is 11.1 Å². The van der Waals surface area contributed by atoms with E-state index in [-0.39, 0.29) is 17.8 Å². The first kappa shape index (κ1) is 22.2. The number of aromatic hydroxyl groups is 1. The zero-order valence-electron chi connectivity index (χ0n) is 19.8. The van der Waals surface area contributed by atoms with Crippen molar-refractivity contribution in [3.05, 3.63) is 107 Å². The van der Waals surface area contributed by atoms with Crippen LogP contribution in [0, 0.1) is 27.7 Å². The number of nitrogens with zero attached hydrogens (tertiary/aromatic N) is 3. The van der Waals surface area contributed by atoms with Crippen LogP contribution in [0.3, 0.4) is 0 Å². The van der Waals surface area contributed by atoms with Crippen LogP contribution in [0.4, 0.5) is 5.69 Å². The van der Waals surface area contributed by atoms with E-state index in [0.29, 0.717) is 5.11 Å². The Labute approximate surface area is 205 Å². The van der Waals surface area contributed by atoms with Gasteiger partial charge < -0.3 is 19.9 Å². The minimum atomic E-state index is -0.118. The zero-order chi connectivity index (χ0) is 24.0. The highest BCUT2D eigenvalue weighted by Crippen LogP contribution is 2.44. The van der Waals surface area contributed by atoms with Gasteiger partial charge in [-0.25, -0.2) is 0 Å². The monoisotopic (exact) mass is 468 g/mol. The topological polar surface area (TPSA) is 53.3 Å². The van der Waals surface area contributed by atoms with E-state index in [1.807, 2.05) is 42.6 Å². The molecule has 1 aliphatic heterocycles. The van der Waals surface area contributed by atoms with Crippen molar-refractivity contribution in [1.82, 2.24) is 14.9 Å². The predicted molar refractivity (Wildman–Crippen MR) is 141 cm³/mol. The molecule has 0 amide bonds. The fourth-order valence-corrected chi connectivity index (χ4v) is 5.50. The Hall–Kier alpha value is -3.64. The molecule has 2 atom stereocenters. The summed E-state index contributed by atoms with van der Waals surface area (Å²) in [7, 11) is 0. The highest BCUT2D eigenvalue weighted by atomic mass is 32.1. The summed E-state index contributed by atoms with van der Waals surface area (Å²) in [6.45, 7) is 8.39. The van der Waals surface area contributed by atoms with Gasteiger partial charge in [-0.05, 0) is 99.1 Å². The first-order valence-corrected chi connectivity index (χ1v) is 11.8. The molecule has 0 radical (unpaired) electrons. The number of hydrogen-bond acceptors (Lipinski definition) is 3. The molecule has 4 aromatic rings. The number of para-hydroxylation sites is 2. The van der Waals surface area contributed by atoms with Gasteiger partial charge in [0.15, 0.2) is 5.11 Å². The molecule has 172 valence electrons. The molecule has 0 bridgehead atoms. The third-order valence-electron chi connectivity index (χ3n) is 6.49. The second-order valence-electron chi connectivity index (χ2n) is 8.99. The molecule has 6 heteroatoms. The summed E-state index contributed by atoms with van der Waals surface area (Å²) in [4.78, 5) is 6.88. The zero-order valence-corrected chi connectivity index (χ0v) is 20.6. The molecule has 3 heterocycles. The van der Waals surface area contributed by atoms with E-state index in [2.05, 4.69) is 71.7 Å². The van der Waals surface area contributed by atoms with Crippen LogP contribution in [0.15, 0.2) is 72.9 Å². The van der Waals surface area contributed by atoms with Crippen molar-refractivity contribution in [2.75, 3.05) is 4.90 Å². The highest BCUT2D eigenvalue weighted by Gasteiger charge is 2.42. The van der Waals surface area contributed by atoms with Gasteiger partial charge in [-0.1, -0.05) is 24.3 Å². The molecule has 34 heavy (non-hydrogen) atoms. The quantitative estimate of drug-likeness (QED) is 0.361. The molecule has 1 aliphatic rings. The third kappa shape index (κ3) is 3.74. The van der Waals surface area contributed by atoms with Gasteiger partial charge in [0.1, 0.15) is 5.75 Å². The highest BCUT2D eigenvalue weighted by molar-refractivity contribution is 7.80. The summed E-state index contributed by atoms with van der Waals surface area (Å²) in [6, 6.07) is 21.9. The number of hydrogen-bond donors (Lipinski definition) is 2. The van der Waals surface area contributed by atoms with Crippen LogP contribution < -0.4 is 10.2 Å². The van der Waals surface area contributed by atoms with Crippen LogP contribution in [0.2, 0.25) is 0 Å². The van der Waals surface area contributed by atoms with E-state index in [1.54, 1.807) is 6.07 Å². The minimum absolute atomic E-state index is 0.102. The van der Waals surface area contributed by atoms with Gasteiger partial charge in [0.05, 0.1) is 23.5 Å². The summed E-state index contributed by atoms with van der Waals surface area (Å²) in [5.74, 6) is 0.253. The fraction of sp³-hybridized carbons (Fsp3) is 0.214. The molecule has 2 aromatic heterocycles. The van der Waals surface area contributed by atoms with Crippen molar-refractivity contribution < 1.29 is 5.11 Å². The molecule has 1 saturated heterocycles. The van der Waals surface area contributed by atoms with Gasteiger partial charge in [-0.2, -0.15) is 0 Å². The van der Waals surface area contributed by atoms with E-state index in [4.69, 9.17) is 12.2 Å². The molecule has 5 rings (SSSR count). The maximum atomic E-state index is 10.6. The van der Waals surface area contributed by atoms with Crippen molar-refractivity contribution in [3.63, 3.8) is 0 Å².